The van der Waals surface area contributed by atoms with E-state index >= 15 is 0 Å². The molecule has 82 valence electrons. The highest BCUT2D eigenvalue weighted by Crippen LogP contribution is 2.29. The molecule has 4 nitrogen and oxygen atoms in total. The van der Waals surface area contributed by atoms with Crippen molar-refractivity contribution in [2.75, 3.05) is 19.8 Å². The molecular weight excluding hydrogens is 182 g/mol. The molecule has 2 atom stereocenters. The van der Waals surface area contributed by atoms with Crippen LogP contribution in [0, 0.1) is 11.8 Å². The van der Waals surface area contributed by atoms with E-state index in [4.69, 9.17) is 5.11 Å². The Kier molecular flexibility index (Phi) is 4.73. The highest BCUT2D eigenvalue weighted by molar-refractivity contribution is 5.67. The van der Waals surface area contributed by atoms with Crippen LogP contribution in [0.25, 0.3) is 0 Å². The molecule has 1 aliphatic rings. The van der Waals surface area contributed by atoms with Gasteiger partial charge in [0, 0.05) is 6.54 Å². The van der Waals surface area contributed by atoms with Crippen molar-refractivity contribution in [1.82, 2.24) is 5.32 Å². The minimum atomic E-state index is -0.418. The molecule has 1 aliphatic carbocycles. The number of rotatable bonds is 4. The summed E-state index contributed by atoms with van der Waals surface area (Å²) in [6.07, 6.45) is 3.23. The van der Waals surface area contributed by atoms with Crippen LogP contribution in [0.1, 0.15) is 26.2 Å². The lowest BCUT2D eigenvalue weighted by Crippen LogP contribution is -2.29. The van der Waals surface area contributed by atoms with E-state index in [0.717, 1.165) is 5.92 Å². The summed E-state index contributed by atoms with van der Waals surface area (Å²) in [5, 5.41) is 11.1. The molecule has 0 aromatic heterocycles. The Morgan fingerprint density at radius 3 is 2.93 bits per heavy atom. The van der Waals surface area contributed by atoms with Gasteiger partial charge in [-0.2, -0.15) is 0 Å². The van der Waals surface area contributed by atoms with Crippen LogP contribution in [0.5, 0.6) is 0 Å². The molecule has 2 N–H and O–H groups in total. The molecule has 0 bridgehead atoms. The molecule has 0 aromatic carbocycles. The lowest BCUT2D eigenvalue weighted by molar-refractivity contribution is 0.118. The van der Waals surface area contributed by atoms with Gasteiger partial charge in [0.2, 0.25) is 0 Å². The van der Waals surface area contributed by atoms with Gasteiger partial charge in [0.25, 0.3) is 0 Å². The maximum atomic E-state index is 11.0. The Morgan fingerprint density at radius 2 is 2.36 bits per heavy atom. The minimum absolute atomic E-state index is 0.0763. The third-order valence-electron chi connectivity index (χ3n) is 2.66. The molecule has 1 rings (SSSR count). The summed E-state index contributed by atoms with van der Waals surface area (Å²) in [6.45, 7) is 2.90. The van der Waals surface area contributed by atoms with Crippen molar-refractivity contribution >= 4 is 6.09 Å². The van der Waals surface area contributed by atoms with Gasteiger partial charge in [0.15, 0.2) is 0 Å². The second-order valence-electron chi connectivity index (χ2n) is 4.02. The Bertz CT molecular complexity index is 184. The summed E-state index contributed by atoms with van der Waals surface area (Å²) >= 11 is 0. The summed E-state index contributed by atoms with van der Waals surface area (Å²) in [4.78, 5) is 11.0. The summed E-state index contributed by atoms with van der Waals surface area (Å²) in [5.74, 6) is 1.39. The van der Waals surface area contributed by atoms with Crippen molar-refractivity contribution in [1.29, 1.82) is 0 Å². The lowest BCUT2D eigenvalue weighted by atomic mass is 10.1. The number of carbonyl (C=O) groups is 1. The highest BCUT2D eigenvalue weighted by atomic mass is 16.6. The Hall–Kier alpha value is -0.770. The van der Waals surface area contributed by atoms with E-state index in [0.29, 0.717) is 12.5 Å². The maximum Gasteiger partial charge on any atom is 0.407 e. The minimum Gasteiger partial charge on any atom is -0.447 e. The van der Waals surface area contributed by atoms with Crippen LogP contribution in [0.4, 0.5) is 4.79 Å². The van der Waals surface area contributed by atoms with Crippen molar-refractivity contribution in [2.24, 2.45) is 11.8 Å². The van der Waals surface area contributed by atoms with Crippen LogP contribution in [-0.2, 0) is 4.74 Å². The van der Waals surface area contributed by atoms with E-state index < -0.39 is 6.09 Å². The van der Waals surface area contributed by atoms with Crippen LogP contribution in [-0.4, -0.2) is 31.0 Å². The summed E-state index contributed by atoms with van der Waals surface area (Å²) in [5.41, 5.74) is 0. The van der Waals surface area contributed by atoms with Gasteiger partial charge in [0.05, 0.1) is 6.61 Å². The molecule has 14 heavy (non-hydrogen) atoms. The molecule has 0 saturated heterocycles. The third-order valence-corrected chi connectivity index (χ3v) is 2.66. The molecule has 0 heterocycles. The van der Waals surface area contributed by atoms with E-state index in [-0.39, 0.29) is 13.2 Å². The number of aliphatic hydroxyl groups excluding tert-OH is 1. The van der Waals surface area contributed by atoms with E-state index in [1.165, 1.54) is 19.3 Å². The van der Waals surface area contributed by atoms with Crippen molar-refractivity contribution in [3.8, 4) is 0 Å². The molecule has 4 heteroatoms. The van der Waals surface area contributed by atoms with E-state index in [1.807, 2.05) is 0 Å². The molecule has 0 spiro atoms. The molecule has 2 unspecified atom stereocenters. The van der Waals surface area contributed by atoms with Gasteiger partial charge < -0.3 is 15.2 Å². The van der Waals surface area contributed by atoms with E-state index in [2.05, 4.69) is 17.0 Å². The predicted octanol–water partition coefficient (Wildman–Crippen LogP) is 1.14. The molecule has 1 saturated carbocycles. The van der Waals surface area contributed by atoms with Gasteiger partial charge in [-0.05, 0) is 24.7 Å². The standard InChI is InChI=1S/C10H19NO3/c1-8-2-3-9(6-8)7-11-10(13)14-5-4-12/h8-9,12H,2-7H2,1H3,(H,11,13). The number of amides is 1. The largest absolute Gasteiger partial charge is 0.447 e. The fraction of sp³-hybridized carbons (Fsp3) is 0.900. The molecule has 0 radical (unpaired) electrons. The zero-order chi connectivity index (χ0) is 10.4. The van der Waals surface area contributed by atoms with E-state index in [9.17, 15) is 4.79 Å². The summed E-state index contributed by atoms with van der Waals surface area (Å²) in [6, 6.07) is 0. The Morgan fingerprint density at radius 1 is 1.57 bits per heavy atom. The molecule has 1 fully saturated rings. The molecular formula is C10H19NO3. The topological polar surface area (TPSA) is 58.6 Å². The van der Waals surface area contributed by atoms with Gasteiger partial charge in [-0.15, -0.1) is 0 Å². The first kappa shape index (κ1) is 11.3. The highest BCUT2D eigenvalue weighted by Gasteiger charge is 2.21. The summed E-state index contributed by atoms with van der Waals surface area (Å²) < 4.78 is 4.68. The summed E-state index contributed by atoms with van der Waals surface area (Å²) in [7, 11) is 0. The number of aliphatic hydroxyl groups is 1. The second-order valence-corrected chi connectivity index (χ2v) is 4.02. The SMILES string of the molecule is CC1CCC(CNC(=O)OCCO)C1. The average molecular weight is 201 g/mol. The molecule has 0 aliphatic heterocycles. The molecule has 0 aromatic rings. The van der Waals surface area contributed by atoms with Crippen LogP contribution >= 0.6 is 0 Å². The zero-order valence-electron chi connectivity index (χ0n) is 8.66. The number of carbonyl (C=O) groups excluding carboxylic acids is 1. The van der Waals surface area contributed by atoms with Crippen LogP contribution in [0.15, 0.2) is 0 Å². The average Bonchev–Trinajstić information content (AvgIpc) is 2.58. The van der Waals surface area contributed by atoms with E-state index in [1.54, 1.807) is 0 Å². The van der Waals surface area contributed by atoms with Gasteiger partial charge >= 0.3 is 6.09 Å². The number of nitrogens with one attached hydrogen (secondary N) is 1. The maximum absolute atomic E-state index is 11.0. The first-order chi connectivity index (χ1) is 6.72. The van der Waals surface area contributed by atoms with Crippen molar-refractivity contribution < 1.29 is 14.6 Å². The van der Waals surface area contributed by atoms with Gasteiger partial charge in [-0.1, -0.05) is 13.3 Å². The zero-order valence-corrected chi connectivity index (χ0v) is 8.66. The number of hydrogen-bond donors (Lipinski definition) is 2. The van der Waals surface area contributed by atoms with Gasteiger partial charge in [0.1, 0.15) is 6.61 Å². The third kappa shape index (κ3) is 3.96. The monoisotopic (exact) mass is 201 g/mol. The second kappa shape index (κ2) is 5.86. The number of alkyl carbamates (subject to hydrolysis) is 1. The quantitative estimate of drug-likeness (QED) is 0.717. The first-order valence-corrected chi connectivity index (χ1v) is 5.24. The van der Waals surface area contributed by atoms with Gasteiger partial charge in [-0.3, -0.25) is 0 Å². The van der Waals surface area contributed by atoms with Crippen LogP contribution < -0.4 is 5.32 Å². The van der Waals surface area contributed by atoms with Crippen molar-refractivity contribution in [2.45, 2.75) is 26.2 Å². The lowest BCUT2D eigenvalue weighted by Gasteiger charge is -2.10. The smallest absolute Gasteiger partial charge is 0.407 e. The van der Waals surface area contributed by atoms with Crippen LogP contribution in [0.3, 0.4) is 0 Å². The fourth-order valence-corrected chi connectivity index (χ4v) is 1.93. The van der Waals surface area contributed by atoms with Crippen LogP contribution in [0.2, 0.25) is 0 Å². The molecule has 1 amide bonds. The number of ether oxygens (including phenoxy) is 1. The van der Waals surface area contributed by atoms with Crippen molar-refractivity contribution in [3.63, 3.8) is 0 Å². The number of hydrogen-bond acceptors (Lipinski definition) is 3. The Balaban J connectivity index is 2.05. The van der Waals surface area contributed by atoms with Crippen molar-refractivity contribution in [3.05, 3.63) is 0 Å². The predicted molar refractivity (Wildman–Crippen MR) is 52.9 cm³/mol. The van der Waals surface area contributed by atoms with Gasteiger partial charge in [-0.25, -0.2) is 4.79 Å². The first-order valence-electron chi connectivity index (χ1n) is 5.24. The normalized spacial score (nSPS) is 26.1. The Labute approximate surface area is 84.6 Å². The fourth-order valence-electron chi connectivity index (χ4n) is 1.93.